The van der Waals surface area contributed by atoms with Crippen LogP contribution >= 0.6 is 0 Å². The van der Waals surface area contributed by atoms with E-state index in [4.69, 9.17) is 4.74 Å². The summed E-state index contributed by atoms with van der Waals surface area (Å²) in [5.74, 6) is -0.596. The molecule has 0 saturated heterocycles. The van der Waals surface area contributed by atoms with Gasteiger partial charge < -0.3 is 19.4 Å². The van der Waals surface area contributed by atoms with Crippen LogP contribution in [-0.2, 0) is 27.5 Å². The number of aromatic amines is 1. The molecule has 0 aliphatic carbocycles. The largest absolute Gasteiger partial charge is 0.491 e. The first-order valence-corrected chi connectivity index (χ1v) is 14.7. The highest BCUT2D eigenvalue weighted by Gasteiger charge is 2.27. The number of fused-ring (bicyclic) bond motifs is 2. The molecule has 1 aromatic heterocycles. The number of sulfone groups is 1. The molecule has 0 fully saturated rings. The molecule has 10 nitrogen and oxygen atoms in total. The van der Waals surface area contributed by atoms with E-state index < -0.39 is 27.7 Å². The lowest BCUT2D eigenvalue weighted by Crippen LogP contribution is -2.33. The van der Waals surface area contributed by atoms with Crippen molar-refractivity contribution in [3.63, 3.8) is 0 Å². The summed E-state index contributed by atoms with van der Waals surface area (Å²) >= 11 is 0. The summed E-state index contributed by atoms with van der Waals surface area (Å²) in [4.78, 5) is 33.7. The molecular formula is C29H29FN4O6S. The number of nitrogens with one attached hydrogen (secondary N) is 2. The van der Waals surface area contributed by atoms with Gasteiger partial charge in [-0.1, -0.05) is 26.0 Å². The predicted octanol–water partition coefficient (Wildman–Crippen LogP) is 4.94. The monoisotopic (exact) mass is 580 g/mol. The Morgan fingerprint density at radius 3 is 2.61 bits per heavy atom. The van der Waals surface area contributed by atoms with Gasteiger partial charge in [-0.05, 0) is 53.9 Å². The molecule has 0 spiro atoms. The van der Waals surface area contributed by atoms with Crippen molar-refractivity contribution in [3.8, 4) is 16.9 Å². The van der Waals surface area contributed by atoms with E-state index in [2.05, 4.69) is 20.0 Å². The minimum atomic E-state index is -3.78. The summed E-state index contributed by atoms with van der Waals surface area (Å²) in [6, 6.07) is 13.9. The maximum absolute atomic E-state index is 15.3. The average Bonchev–Trinajstić information content (AvgIpc) is 3.24. The molecule has 1 aliphatic heterocycles. The molecular weight excluding hydrogens is 551 g/mol. The summed E-state index contributed by atoms with van der Waals surface area (Å²) in [5, 5.41) is 2.51. The third-order valence-corrected chi connectivity index (χ3v) is 8.80. The quantitative estimate of drug-likeness (QED) is 0.330. The van der Waals surface area contributed by atoms with E-state index in [-0.39, 0.29) is 53.8 Å². The Balaban J connectivity index is 1.44. The smallest absolute Gasteiger partial charge is 0.413 e. The number of hydrogen-bond acceptors (Lipinski definition) is 7. The van der Waals surface area contributed by atoms with Crippen LogP contribution in [0.1, 0.15) is 35.3 Å². The van der Waals surface area contributed by atoms with Gasteiger partial charge in [-0.15, -0.1) is 0 Å². The van der Waals surface area contributed by atoms with Crippen molar-refractivity contribution in [1.29, 1.82) is 0 Å². The zero-order valence-corrected chi connectivity index (χ0v) is 23.6. The van der Waals surface area contributed by atoms with Crippen molar-refractivity contribution in [1.82, 2.24) is 14.9 Å². The van der Waals surface area contributed by atoms with Crippen molar-refractivity contribution in [2.24, 2.45) is 0 Å². The first-order valence-electron chi connectivity index (χ1n) is 13.1. The minimum Gasteiger partial charge on any atom is -0.491 e. The third-order valence-electron chi connectivity index (χ3n) is 7.06. The molecule has 2 heterocycles. The Morgan fingerprint density at radius 2 is 1.88 bits per heavy atom. The van der Waals surface area contributed by atoms with Gasteiger partial charge in [0.05, 0.1) is 30.4 Å². The lowest BCUT2D eigenvalue weighted by atomic mass is 10.0. The number of benzene rings is 3. The van der Waals surface area contributed by atoms with E-state index >= 15 is 4.39 Å². The van der Waals surface area contributed by atoms with Crippen molar-refractivity contribution in [3.05, 3.63) is 71.0 Å². The minimum absolute atomic E-state index is 0.0811. The van der Waals surface area contributed by atoms with Crippen LogP contribution in [0.3, 0.4) is 0 Å². The number of ether oxygens (including phenoxy) is 2. The molecule has 0 bridgehead atoms. The van der Waals surface area contributed by atoms with Crippen LogP contribution < -0.4 is 10.1 Å². The summed E-state index contributed by atoms with van der Waals surface area (Å²) in [6.07, 6.45) is -0.470. The van der Waals surface area contributed by atoms with Gasteiger partial charge in [0, 0.05) is 23.2 Å². The number of carbonyl (C=O) groups is 2. The Kier molecular flexibility index (Phi) is 7.68. The Labute approximate surface area is 236 Å². The number of carbonyl (C=O) groups excluding carboxylic acids is 2. The van der Waals surface area contributed by atoms with Crippen LogP contribution in [0.2, 0.25) is 0 Å². The Bertz CT molecular complexity index is 1770. The van der Waals surface area contributed by atoms with Crippen LogP contribution in [0.4, 0.5) is 15.1 Å². The molecule has 2 amide bonds. The highest BCUT2D eigenvalue weighted by molar-refractivity contribution is 7.91. The van der Waals surface area contributed by atoms with Gasteiger partial charge in [0.25, 0.3) is 5.91 Å². The molecule has 0 unspecified atom stereocenters. The second-order valence-corrected chi connectivity index (χ2v) is 11.7. The summed E-state index contributed by atoms with van der Waals surface area (Å²) in [7, 11) is -2.51. The second kappa shape index (κ2) is 11.2. The molecule has 3 aromatic carbocycles. The number of H-pyrrole nitrogens is 1. The fourth-order valence-corrected chi connectivity index (χ4v) is 5.84. The number of methoxy groups -OCH3 is 1. The van der Waals surface area contributed by atoms with Gasteiger partial charge in [0.1, 0.15) is 23.1 Å². The van der Waals surface area contributed by atoms with Gasteiger partial charge in [0.15, 0.2) is 9.84 Å². The van der Waals surface area contributed by atoms with E-state index in [1.165, 1.54) is 26.2 Å². The van der Waals surface area contributed by atoms with Crippen LogP contribution in [0.5, 0.6) is 5.75 Å². The van der Waals surface area contributed by atoms with Gasteiger partial charge in [-0.25, -0.2) is 22.6 Å². The lowest BCUT2D eigenvalue weighted by molar-refractivity contribution is 0.0731. The van der Waals surface area contributed by atoms with E-state index in [0.29, 0.717) is 16.8 Å². The molecule has 1 aliphatic rings. The number of aromatic nitrogens is 2. The molecule has 214 valence electrons. The number of rotatable bonds is 6. The van der Waals surface area contributed by atoms with Crippen LogP contribution in [-0.4, -0.2) is 61.3 Å². The summed E-state index contributed by atoms with van der Waals surface area (Å²) in [6.45, 7) is 3.89. The van der Waals surface area contributed by atoms with Crippen LogP contribution in [0.25, 0.3) is 22.2 Å². The van der Waals surface area contributed by atoms with Gasteiger partial charge >= 0.3 is 6.09 Å². The standard InChI is InChI=1S/C29H29FN4O6S/c1-4-20-21(8-11-25(26(20)30)41(37,38)5-2)27(35)34-12-13-40-24-10-7-17(14-19(24)16-34)18-6-9-22-23(15-18)32-28(31-22)33-29(36)39-3/h6-11,14-15H,4-5,12-13,16H2,1-3H3,(H2,31,32,33,36). The SMILES string of the molecule is CCc1c(C(=O)N2CCOc3ccc(-c4ccc5nc(NC(=O)OC)[nH]c5c4)cc3C2)ccc(S(=O)(=O)CC)c1F. The molecule has 12 heteroatoms. The number of nitrogens with zero attached hydrogens (tertiary/aromatic N) is 2. The van der Waals surface area contributed by atoms with E-state index in [0.717, 1.165) is 16.7 Å². The topological polar surface area (TPSA) is 131 Å². The van der Waals surface area contributed by atoms with Gasteiger partial charge in [-0.2, -0.15) is 0 Å². The van der Waals surface area contributed by atoms with E-state index in [9.17, 15) is 18.0 Å². The Hall–Kier alpha value is -4.45. The fourth-order valence-electron chi connectivity index (χ4n) is 4.86. The first-order chi connectivity index (χ1) is 19.6. The molecule has 0 radical (unpaired) electrons. The number of amides is 2. The van der Waals surface area contributed by atoms with Crippen LogP contribution in [0.15, 0.2) is 53.4 Å². The van der Waals surface area contributed by atoms with Gasteiger partial charge in [0.2, 0.25) is 5.95 Å². The number of halogens is 1. The molecule has 5 rings (SSSR count). The van der Waals surface area contributed by atoms with Crippen molar-refractivity contribution < 1.29 is 31.9 Å². The zero-order chi connectivity index (χ0) is 29.3. The van der Waals surface area contributed by atoms with Crippen molar-refractivity contribution in [2.45, 2.75) is 31.7 Å². The highest BCUT2D eigenvalue weighted by atomic mass is 32.2. The van der Waals surface area contributed by atoms with Crippen LogP contribution in [0, 0.1) is 5.82 Å². The van der Waals surface area contributed by atoms with Crippen molar-refractivity contribution in [2.75, 3.05) is 31.3 Å². The highest BCUT2D eigenvalue weighted by Crippen LogP contribution is 2.32. The first kappa shape index (κ1) is 28.1. The molecule has 0 atom stereocenters. The average molecular weight is 581 g/mol. The maximum atomic E-state index is 15.3. The summed E-state index contributed by atoms with van der Waals surface area (Å²) in [5.41, 5.74) is 4.10. The van der Waals surface area contributed by atoms with E-state index in [1.807, 2.05) is 36.4 Å². The van der Waals surface area contributed by atoms with Gasteiger partial charge in [-0.3, -0.25) is 10.1 Å². The molecule has 4 aromatic rings. The molecule has 41 heavy (non-hydrogen) atoms. The van der Waals surface area contributed by atoms with E-state index in [1.54, 1.807) is 11.8 Å². The fraction of sp³-hybridized carbons (Fsp3) is 0.276. The zero-order valence-electron chi connectivity index (χ0n) is 22.8. The number of hydrogen-bond donors (Lipinski definition) is 2. The third kappa shape index (κ3) is 5.47. The Morgan fingerprint density at radius 1 is 1.12 bits per heavy atom. The van der Waals surface area contributed by atoms with Crippen molar-refractivity contribution >= 4 is 38.8 Å². The number of imidazole rings is 1. The number of anilines is 1. The maximum Gasteiger partial charge on any atom is 0.413 e. The molecule has 0 saturated carbocycles. The predicted molar refractivity (Wildman–Crippen MR) is 151 cm³/mol. The second-order valence-electron chi connectivity index (χ2n) is 9.49. The normalized spacial score (nSPS) is 13.3. The molecule has 2 N–H and O–H groups in total. The lowest BCUT2D eigenvalue weighted by Gasteiger charge is -2.22. The summed E-state index contributed by atoms with van der Waals surface area (Å²) < 4.78 is 50.5.